The molecule has 0 N–H and O–H groups in total. The molecule has 4 rings (SSSR count). The lowest BCUT2D eigenvalue weighted by Gasteiger charge is -2.62. The van der Waals surface area contributed by atoms with Crippen molar-refractivity contribution >= 4 is 8.56 Å². The van der Waals surface area contributed by atoms with E-state index >= 15 is 0 Å². The van der Waals surface area contributed by atoms with Gasteiger partial charge in [-0.05, 0) is 65.2 Å². The van der Waals surface area contributed by atoms with Crippen molar-refractivity contribution < 1.29 is 8.85 Å². The molecular weight excluding hydrogens is 468 g/mol. The van der Waals surface area contributed by atoms with Gasteiger partial charge < -0.3 is 8.85 Å². The molecule has 0 spiro atoms. The zero-order valence-electron chi connectivity index (χ0n) is 25.6. The van der Waals surface area contributed by atoms with E-state index < -0.39 is 8.56 Å². The standard InChI is InChI=1S/C34H64O2Si/c1-29(2)35-37(36-30(3)4,33(25-17-9-10-18-26-33)31-21-13-5-6-14-22-31)34(27-19-11-12-20-28-34)32-23-15-7-8-16-24-32/h29-32H,5-28H2,1-4H3. The highest BCUT2D eigenvalue weighted by Crippen LogP contribution is 2.71. The second kappa shape index (κ2) is 14.2. The first-order chi connectivity index (χ1) is 18.0. The summed E-state index contributed by atoms with van der Waals surface area (Å²) in [5, 5.41) is 0.609. The number of rotatable bonds is 8. The van der Waals surface area contributed by atoms with E-state index in [2.05, 4.69) is 27.7 Å². The zero-order chi connectivity index (χ0) is 26.2. The molecule has 216 valence electrons. The molecule has 4 fully saturated rings. The van der Waals surface area contributed by atoms with Gasteiger partial charge in [0.25, 0.3) is 0 Å². The Balaban J connectivity index is 1.96. The van der Waals surface area contributed by atoms with Gasteiger partial charge in [-0.1, -0.05) is 128 Å². The topological polar surface area (TPSA) is 18.5 Å². The van der Waals surface area contributed by atoms with Gasteiger partial charge in [0.05, 0.1) is 0 Å². The second-order valence-electron chi connectivity index (χ2n) is 14.5. The van der Waals surface area contributed by atoms with Crippen LogP contribution < -0.4 is 0 Å². The fourth-order valence-electron chi connectivity index (χ4n) is 10.1. The molecule has 2 nitrogen and oxygen atoms in total. The summed E-state index contributed by atoms with van der Waals surface area (Å²) in [6, 6.07) is 0. The molecule has 0 saturated heterocycles. The molecule has 4 aliphatic rings. The average molecular weight is 533 g/mol. The Labute approximate surface area is 233 Å². The van der Waals surface area contributed by atoms with Gasteiger partial charge >= 0.3 is 8.56 Å². The highest BCUT2D eigenvalue weighted by molar-refractivity contribution is 6.74. The van der Waals surface area contributed by atoms with Crippen molar-refractivity contribution in [2.24, 2.45) is 11.8 Å². The zero-order valence-corrected chi connectivity index (χ0v) is 26.6. The summed E-state index contributed by atoms with van der Waals surface area (Å²) in [5.74, 6) is 1.64. The maximum atomic E-state index is 7.85. The lowest BCUT2D eigenvalue weighted by atomic mass is 9.78. The fraction of sp³-hybridized carbons (Fsp3) is 1.00. The molecule has 0 heterocycles. The third-order valence-electron chi connectivity index (χ3n) is 11.4. The van der Waals surface area contributed by atoms with Crippen LogP contribution in [0.15, 0.2) is 0 Å². The Morgan fingerprint density at radius 1 is 0.432 bits per heavy atom. The summed E-state index contributed by atoms with van der Waals surface area (Å²) in [7, 11) is -2.70. The van der Waals surface area contributed by atoms with Crippen LogP contribution in [0.3, 0.4) is 0 Å². The van der Waals surface area contributed by atoms with Gasteiger partial charge in [0.15, 0.2) is 0 Å². The first kappa shape index (κ1) is 30.1. The first-order valence-electron chi connectivity index (χ1n) is 17.3. The summed E-state index contributed by atoms with van der Waals surface area (Å²) in [6.07, 6.45) is 34.8. The molecule has 4 aliphatic carbocycles. The lowest BCUT2D eigenvalue weighted by molar-refractivity contribution is 0.0217. The molecule has 0 aromatic carbocycles. The van der Waals surface area contributed by atoms with E-state index in [1.165, 1.54) is 154 Å². The molecule has 0 radical (unpaired) electrons. The fourth-order valence-corrected chi connectivity index (χ4v) is 17.0. The molecule has 3 heteroatoms. The molecule has 0 aromatic heterocycles. The maximum absolute atomic E-state index is 7.85. The van der Waals surface area contributed by atoms with Crippen molar-refractivity contribution in [1.29, 1.82) is 0 Å². The Kier molecular flexibility index (Phi) is 11.5. The summed E-state index contributed by atoms with van der Waals surface area (Å²) in [6.45, 7) is 9.45. The SMILES string of the molecule is CC(C)O[Si](OC(C)C)(C1(C2CCCCCC2)CCCCCC1)C1(C2CCCCCC2)CCCCCC1. The summed E-state index contributed by atoms with van der Waals surface area (Å²) in [4.78, 5) is 0. The van der Waals surface area contributed by atoms with Crippen molar-refractivity contribution in [3.05, 3.63) is 0 Å². The Bertz CT molecular complexity index is 570. The van der Waals surface area contributed by atoms with Gasteiger partial charge in [0, 0.05) is 22.3 Å². The normalized spacial score (nSPS) is 27.4. The highest BCUT2D eigenvalue weighted by atomic mass is 28.4. The van der Waals surface area contributed by atoms with Crippen molar-refractivity contribution in [2.75, 3.05) is 0 Å². The monoisotopic (exact) mass is 532 g/mol. The van der Waals surface area contributed by atoms with Crippen LogP contribution in [0, 0.1) is 11.8 Å². The lowest BCUT2D eigenvalue weighted by Crippen LogP contribution is -2.67. The van der Waals surface area contributed by atoms with E-state index in [0.29, 0.717) is 10.1 Å². The first-order valence-corrected chi connectivity index (χ1v) is 19.1. The third-order valence-corrected chi connectivity index (χ3v) is 17.4. The summed E-state index contributed by atoms with van der Waals surface area (Å²) in [5.41, 5.74) is 0. The van der Waals surface area contributed by atoms with E-state index in [9.17, 15) is 0 Å². The Hall–Kier alpha value is 0.137. The molecule has 0 aliphatic heterocycles. The van der Waals surface area contributed by atoms with E-state index in [-0.39, 0.29) is 12.2 Å². The largest absolute Gasteiger partial charge is 0.391 e. The summed E-state index contributed by atoms with van der Waals surface area (Å²) < 4.78 is 15.7. The van der Waals surface area contributed by atoms with Crippen LogP contribution >= 0.6 is 0 Å². The van der Waals surface area contributed by atoms with Crippen LogP contribution in [0.1, 0.15) is 182 Å². The van der Waals surface area contributed by atoms with Crippen LogP contribution in [-0.2, 0) is 8.85 Å². The van der Waals surface area contributed by atoms with Crippen LogP contribution in [0.25, 0.3) is 0 Å². The van der Waals surface area contributed by atoms with E-state index in [4.69, 9.17) is 8.85 Å². The smallest absolute Gasteiger partial charge is 0.351 e. The van der Waals surface area contributed by atoms with Gasteiger partial charge in [0.2, 0.25) is 0 Å². The third kappa shape index (κ3) is 6.56. The van der Waals surface area contributed by atoms with Crippen molar-refractivity contribution in [3.63, 3.8) is 0 Å². The van der Waals surface area contributed by atoms with Crippen molar-refractivity contribution in [1.82, 2.24) is 0 Å². The van der Waals surface area contributed by atoms with Gasteiger partial charge in [-0.3, -0.25) is 0 Å². The van der Waals surface area contributed by atoms with Gasteiger partial charge in [-0.25, -0.2) is 0 Å². The second-order valence-corrected chi connectivity index (χ2v) is 18.2. The molecule has 0 aromatic rings. The predicted molar refractivity (Wildman–Crippen MR) is 161 cm³/mol. The van der Waals surface area contributed by atoms with Crippen molar-refractivity contribution in [3.8, 4) is 0 Å². The molecule has 0 atom stereocenters. The Morgan fingerprint density at radius 2 is 0.703 bits per heavy atom. The number of hydrogen-bond donors (Lipinski definition) is 0. The number of hydrogen-bond acceptors (Lipinski definition) is 2. The molecule has 0 unspecified atom stereocenters. The van der Waals surface area contributed by atoms with Gasteiger partial charge in [-0.2, -0.15) is 0 Å². The minimum atomic E-state index is -2.70. The van der Waals surface area contributed by atoms with Crippen LogP contribution in [0.4, 0.5) is 0 Å². The highest BCUT2D eigenvalue weighted by Gasteiger charge is 2.72. The van der Waals surface area contributed by atoms with Crippen molar-refractivity contribution in [2.45, 2.75) is 204 Å². The minimum Gasteiger partial charge on any atom is -0.391 e. The molecule has 4 saturated carbocycles. The molecular formula is C34H64O2Si. The van der Waals surface area contributed by atoms with Crippen LogP contribution in [-0.4, -0.2) is 20.8 Å². The minimum absolute atomic E-state index is 0.266. The van der Waals surface area contributed by atoms with Gasteiger partial charge in [-0.15, -0.1) is 0 Å². The van der Waals surface area contributed by atoms with Crippen LogP contribution in [0.5, 0.6) is 0 Å². The molecule has 0 amide bonds. The maximum Gasteiger partial charge on any atom is 0.351 e. The van der Waals surface area contributed by atoms with E-state index in [1.54, 1.807) is 0 Å². The average Bonchev–Trinajstić information content (AvgIpc) is 3.46. The van der Waals surface area contributed by atoms with Crippen LogP contribution in [0.2, 0.25) is 10.1 Å². The van der Waals surface area contributed by atoms with E-state index in [0.717, 1.165) is 11.8 Å². The van der Waals surface area contributed by atoms with Gasteiger partial charge in [0.1, 0.15) is 0 Å². The predicted octanol–water partition coefficient (Wildman–Crippen LogP) is 11.4. The molecule has 0 bridgehead atoms. The van der Waals surface area contributed by atoms with E-state index in [1.807, 2.05) is 0 Å². The summed E-state index contributed by atoms with van der Waals surface area (Å²) >= 11 is 0. The molecule has 37 heavy (non-hydrogen) atoms. The quantitative estimate of drug-likeness (QED) is 0.228. The Morgan fingerprint density at radius 3 is 0.973 bits per heavy atom.